The van der Waals surface area contributed by atoms with E-state index in [1.54, 1.807) is 0 Å². The first kappa shape index (κ1) is 13.5. The van der Waals surface area contributed by atoms with Crippen LogP contribution in [0.25, 0.3) is 0 Å². The van der Waals surface area contributed by atoms with Crippen LogP contribution < -0.4 is 5.73 Å². The number of rotatable bonds is 4. The van der Waals surface area contributed by atoms with E-state index in [4.69, 9.17) is 5.73 Å². The molecule has 2 unspecified atom stereocenters. The van der Waals surface area contributed by atoms with E-state index in [1.165, 1.54) is 0 Å². The van der Waals surface area contributed by atoms with Gasteiger partial charge < -0.3 is 10.6 Å². The monoisotopic (exact) mass is 227 g/mol. The summed E-state index contributed by atoms with van der Waals surface area (Å²) in [6.07, 6.45) is 1.37. The van der Waals surface area contributed by atoms with Crippen molar-refractivity contribution in [3.63, 3.8) is 0 Å². The van der Waals surface area contributed by atoms with Gasteiger partial charge in [-0.3, -0.25) is 9.69 Å². The van der Waals surface area contributed by atoms with E-state index < -0.39 is 0 Å². The van der Waals surface area contributed by atoms with Crippen molar-refractivity contribution >= 4 is 5.91 Å². The second-order valence-electron chi connectivity index (χ2n) is 4.69. The van der Waals surface area contributed by atoms with Crippen LogP contribution in [-0.4, -0.2) is 54.0 Å². The topological polar surface area (TPSA) is 49.6 Å². The van der Waals surface area contributed by atoms with Crippen LogP contribution in [0.15, 0.2) is 0 Å². The van der Waals surface area contributed by atoms with Crippen LogP contribution in [0.3, 0.4) is 0 Å². The van der Waals surface area contributed by atoms with Gasteiger partial charge in [0.25, 0.3) is 0 Å². The number of hydrogen-bond acceptors (Lipinski definition) is 3. The number of likely N-dealkylation sites (N-methyl/N-ethyl adjacent to an activating group) is 1. The minimum atomic E-state index is 0.0204. The number of carbonyl (C=O) groups is 1. The highest BCUT2D eigenvalue weighted by Crippen LogP contribution is 2.11. The van der Waals surface area contributed by atoms with Gasteiger partial charge in [0.1, 0.15) is 0 Å². The van der Waals surface area contributed by atoms with Crippen molar-refractivity contribution in [3.8, 4) is 0 Å². The first-order chi connectivity index (χ1) is 7.58. The number of carbonyl (C=O) groups excluding carboxylic acids is 1. The van der Waals surface area contributed by atoms with Crippen molar-refractivity contribution < 1.29 is 4.79 Å². The Kier molecular flexibility index (Phi) is 5.22. The summed E-state index contributed by atoms with van der Waals surface area (Å²) in [5.74, 6) is 0.219. The first-order valence-electron chi connectivity index (χ1n) is 6.35. The summed E-state index contributed by atoms with van der Waals surface area (Å²) >= 11 is 0. The molecule has 1 fully saturated rings. The number of piperazine rings is 1. The lowest BCUT2D eigenvalue weighted by atomic mass is 10.1. The summed E-state index contributed by atoms with van der Waals surface area (Å²) in [6, 6.07) is 0.493. The lowest BCUT2D eigenvalue weighted by Crippen LogP contribution is -2.54. The highest BCUT2D eigenvalue weighted by molar-refractivity contribution is 5.77. The molecule has 1 heterocycles. The molecule has 0 aromatic rings. The lowest BCUT2D eigenvalue weighted by Gasteiger charge is -2.39. The van der Waals surface area contributed by atoms with E-state index in [1.807, 2.05) is 11.8 Å². The van der Waals surface area contributed by atoms with Crippen LogP contribution in [0.5, 0.6) is 0 Å². The van der Waals surface area contributed by atoms with Crippen molar-refractivity contribution in [2.75, 3.05) is 26.2 Å². The maximum atomic E-state index is 11.9. The largest absolute Gasteiger partial charge is 0.340 e. The van der Waals surface area contributed by atoms with Gasteiger partial charge in [-0.15, -0.1) is 0 Å². The van der Waals surface area contributed by atoms with Crippen LogP contribution in [0.4, 0.5) is 0 Å². The van der Waals surface area contributed by atoms with Crippen molar-refractivity contribution in [3.05, 3.63) is 0 Å². The second kappa shape index (κ2) is 6.21. The molecule has 0 radical (unpaired) electrons. The maximum Gasteiger partial charge on any atom is 0.224 e. The average Bonchev–Trinajstić information content (AvgIpc) is 2.28. The lowest BCUT2D eigenvalue weighted by molar-refractivity contribution is -0.134. The quantitative estimate of drug-likeness (QED) is 0.768. The molecule has 1 amide bonds. The van der Waals surface area contributed by atoms with Crippen molar-refractivity contribution in [2.24, 2.45) is 5.73 Å². The molecule has 0 aromatic heterocycles. The van der Waals surface area contributed by atoms with E-state index in [9.17, 15) is 4.79 Å². The maximum absolute atomic E-state index is 11.9. The summed E-state index contributed by atoms with van der Waals surface area (Å²) in [7, 11) is 0. The number of nitrogens with zero attached hydrogens (tertiary/aromatic N) is 2. The molecule has 1 saturated heterocycles. The average molecular weight is 227 g/mol. The molecule has 1 aliphatic heterocycles. The van der Waals surface area contributed by atoms with E-state index >= 15 is 0 Å². The zero-order valence-corrected chi connectivity index (χ0v) is 10.8. The number of nitrogens with two attached hydrogens (primary N) is 1. The predicted octanol–water partition coefficient (Wildman–Crippen LogP) is 0.666. The second-order valence-corrected chi connectivity index (χ2v) is 4.69. The van der Waals surface area contributed by atoms with Crippen LogP contribution in [-0.2, 0) is 4.79 Å². The zero-order valence-electron chi connectivity index (χ0n) is 10.8. The summed E-state index contributed by atoms with van der Waals surface area (Å²) in [6.45, 7) is 10.1. The predicted molar refractivity (Wildman–Crippen MR) is 66.2 cm³/mol. The molecule has 1 aliphatic rings. The summed E-state index contributed by atoms with van der Waals surface area (Å²) < 4.78 is 0. The molecular formula is C12H25N3O. The van der Waals surface area contributed by atoms with Gasteiger partial charge in [-0.25, -0.2) is 0 Å². The normalized spacial score (nSPS) is 24.5. The number of amides is 1. The SMILES string of the molecule is CCC(N)CC(=O)N1CCN(CC)C(C)C1. The Morgan fingerprint density at radius 1 is 1.44 bits per heavy atom. The fourth-order valence-corrected chi connectivity index (χ4v) is 2.19. The summed E-state index contributed by atoms with van der Waals surface area (Å²) in [5.41, 5.74) is 5.81. The van der Waals surface area contributed by atoms with Crippen molar-refractivity contribution in [2.45, 2.75) is 45.7 Å². The molecular weight excluding hydrogens is 202 g/mol. The van der Waals surface area contributed by atoms with Crippen LogP contribution >= 0.6 is 0 Å². The Balaban J connectivity index is 2.42. The standard InChI is InChI=1S/C12H25N3O/c1-4-11(13)8-12(16)15-7-6-14(5-2)10(3)9-15/h10-11H,4-9,13H2,1-3H3. The Labute approximate surface area is 98.8 Å². The molecule has 1 rings (SSSR count). The summed E-state index contributed by atoms with van der Waals surface area (Å²) in [5, 5.41) is 0. The fourth-order valence-electron chi connectivity index (χ4n) is 2.19. The molecule has 2 atom stereocenters. The molecule has 4 nitrogen and oxygen atoms in total. The zero-order chi connectivity index (χ0) is 12.1. The molecule has 0 bridgehead atoms. The van der Waals surface area contributed by atoms with E-state index in [0.717, 1.165) is 32.6 Å². The molecule has 0 saturated carbocycles. The third-order valence-electron chi connectivity index (χ3n) is 3.49. The van der Waals surface area contributed by atoms with Gasteiger partial charge >= 0.3 is 0 Å². The van der Waals surface area contributed by atoms with Gasteiger partial charge in [0.05, 0.1) is 0 Å². The van der Waals surface area contributed by atoms with Crippen molar-refractivity contribution in [1.29, 1.82) is 0 Å². The van der Waals surface area contributed by atoms with E-state index in [2.05, 4.69) is 18.7 Å². The number of hydrogen-bond donors (Lipinski definition) is 1. The first-order valence-corrected chi connectivity index (χ1v) is 6.35. The minimum Gasteiger partial charge on any atom is -0.340 e. The van der Waals surface area contributed by atoms with Gasteiger partial charge in [-0.1, -0.05) is 13.8 Å². The Morgan fingerprint density at radius 3 is 2.62 bits per heavy atom. The third-order valence-corrected chi connectivity index (χ3v) is 3.49. The molecule has 4 heteroatoms. The fraction of sp³-hybridized carbons (Fsp3) is 0.917. The van der Waals surface area contributed by atoms with E-state index in [-0.39, 0.29) is 11.9 Å². The van der Waals surface area contributed by atoms with Gasteiger partial charge in [0.2, 0.25) is 5.91 Å². The van der Waals surface area contributed by atoms with Gasteiger partial charge in [0, 0.05) is 38.1 Å². The van der Waals surface area contributed by atoms with Crippen molar-refractivity contribution in [1.82, 2.24) is 9.80 Å². The van der Waals surface area contributed by atoms with Crippen LogP contribution in [0.2, 0.25) is 0 Å². The van der Waals surface area contributed by atoms with Crippen LogP contribution in [0, 0.1) is 0 Å². The molecule has 0 aromatic carbocycles. The molecule has 94 valence electrons. The van der Waals surface area contributed by atoms with Gasteiger partial charge in [-0.2, -0.15) is 0 Å². The summed E-state index contributed by atoms with van der Waals surface area (Å²) in [4.78, 5) is 16.3. The Hall–Kier alpha value is -0.610. The van der Waals surface area contributed by atoms with E-state index in [0.29, 0.717) is 12.5 Å². The smallest absolute Gasteiger partial charge is 0.224 e. The molecule has 16 heavy (non-hydrogen) atoms. The Morgan fingerprint density at radius 2 is 2.12 bits per heavy atom. The molecule has 0 spiro atoms. The highest BCUT2D eigenvalue weighted by atomic mass is 16.2. The molecule has 0 aliphatic carbocycles. The van der Waals surface area contributed by atoms with Crippen LogP contribution in [0.1, 0.15) is 33.6 Å². The highest BCUT2D eigenvalue weighted by Gasteiger charge is 2.25. The molecule has 2 N–H and O–H groups in total. The van der Waals surface area contributed by atoms with Gasteiger partial charge in [0.15, 0.2) is 0 Å². The minimum absolute atomic E-state index is 0.0204. The third kappa shape index (κ3) is 3.46. The Bertz CT molecular complexity index is 232. The van der Waals surface area contributed by atoms with Gasteiger partial charge in [-0.05, 0) is 19.9 Å².